The zero-order valence-electron chi connectivity index (χ0n) is 12.0. The fourth-order valence-electron chi connectivity index (χ4n) is 2.15. The van der Waals surface area contributed by atoms with Crippen LogP contribution in [0.3, 0.4) is 0 Å². The van der Waals surface area contributed by atoms with Gasteiger partial charge in [-0.05, 0) is 37.1 Å². The minimum absolute atomic E-state index is 0.0466. The maximum absolute atomic E-state index is 11.9. The second kappa shape index (κ2) is 5.44. The van der Waals surface area contributed by atoms with Gasteiger partial charge in [0.05, 0.1) is 11.4 Å². The van der Waals surface area contributed by atoms with Crippen LogP contribution in [0.2, 0.25) is 0 Å². The van der Waals surface area contributed by atoms with Crippen molar-refractivity contribution in [3.8, 4) is 0 Å². The summed E-state index contributed by atoms with van der Waals surface area (Å²) in [6.45, 7) is 6.05. The SMILES string of the molecule is Cc1cc(N2CCCS2(=O)=O)ccc1NC(=O)C(C)C. The Morgan fingerprint density at radius 2 is 2.05 bits per heavy atom. The maximum Gasteiger partial charge on any atom is 0.235 e. The molecular formula is C14H20N2O3S. The van der Waals surface area contributed by atoms with Gasteiger partial charge in [0.2, 0.25) is 15.9 Å². The summed E-state index contributed by atoms with van der Waals surface area (Å²) in [6, 6.07) is 5.31. The molecule has 1 aliphatic rings. The van der Waals surface area contributed by atoms with Crippen molar-refractivity contribution in [1.29, 1.82) is 0 Å². The molecule has 1 fully saturated rings. The van der Waals surface area contributed by atoms with Crippen molar-refractivity contribution in [2.24, 2.45) is 5.92 Å². The van der Waals surface area contributed by atoms with E-state index >= 15 is 0 Å². The van der Waals surface area contributed by atoms with Gasteiger partial charge in [-0.1, -0.05) is 13.8 Å². The molecule has 2 rings (SSSR count). The first-order valence-corrected chi connectivity index (χ1v) is 8.34. The summed E-state index contributed by atoms with van der Waals surface area (Å²) < 4.78 is 25.2. The van der Waals surface area contributed by atoms with Crippen LogP contribution >= 0.6 is 0 Å². The molecule has 0 radical (unpaired) electrons. The van der Waals surface area contributed by atoms with E-state index in [1.165, 1.54) is 4.31 Å². The number of nitrogens with one attached hydrogen (secondary N) is 1. The van der Waals surface area contributed by atoms with Crippen LogP contribution in [0.4, 0.5) is 11.4 Å². The van der Waals surface area contributed by atoms with E-state index in [4.69, 9.17) is 0 Å². The Morgan fingerprint density at radius 3 is 2.55 bits per heavy atom. The number of anilines is 2. The molecule has 0 unspecified atom stereocenters. The topological polar surface area (TPSA) is 66.5 Å². The molecule has 0 aromatic heterocycles. The summed E-state index contributed by atoms with van der Waals surface area (Å²) in [6.07, 6.45) is 0.660. The van der Waals surface area contributed by atoms with Crippen molar-refractivity contribution < 1.29 is 13.2 Å². The summed E-state index contributed by atoms with van der Waals surface area (Å²) in [5.74, 6) is 0.0698. The van der Waals surface area contributed by atoms with Crippen molar-refractivity contribution in [1.82, 2.24) is 0 Å². The van der Waals surface area contributed by atoms with Crippen LogP contribution in [0, 0.1) is 12.8 Å². The van der Waals surface area contributed by atoms with Crippen molar-refractivity contribution in [2.75, 3.05) is 21.9 Å². The van der Waals surface area contributed by atoms with E-state index in [1.54, 1.807) is 18.2 Å². The first-order valence-electron chi connectivity index (χ1n) is 6.73. The lowest BCUT2D eigenvalue weighted by Gasteiger charge is -2.19. The van der Waals surface area contributed by atoms with Crippen LogP contribution in [0.1, 0.15) is 25.8 Å². The molecule has 110 valence electrons. The molecule has 0 bridgehead atoms. The molecule has 1 aliphatic heterocycles. The molecule has 1 heterocycles. The molecule has 0 atom stereocenters. The van der Waals surface area contributed by atoms with Gasteiger partial charge in [0.15, 0.2) is 0 Å². The Labute approximate surface area is 120 Å². The number of hydrogen-bond acceptors (Lipinski definition) is 3. The molecule has 1 N–H and O–H groups in total. The number of carbonyl (C=O) groups excluding carboxylic acids is 1. The van der Waals surface area contributed by atoms with E-state index in [2.05, 4.69) is 5.32 Å². The third-order valence-electron chi connectivity index (χ3n) is 3.38. The van der Waals surface area contributed by atoms with E-state index < -0.39 is 10.0 Å². The van der Waals surface area contributed by atoms with Gasteiger partial charge in [-0.25, -0.2) is 8.42 Å². The minimum Gasteiger partial charge on any atom is -0.326 e. The monoisotopic (exact) mass is 296 g/mol. The first kappa shape index (κ1) is 14.8. The van der Waals surface area contributed by atoms with Crippen LogP contribution in [-0.4, -0.2) is 26.6 Å². The Hall–Kier alpha value is -1.56. The predicted octanol–water partition coefficient (Wildman–Crippen LogP) is 2.13. The highest BCUT2D eigenvalue weighted by molar-refractivity contribution is 7.93. The molecule has 5 nitrogen and oxygen atoms in total. The molecule has 1 saturated heterocycles. The minimum atomic E-state index is -3.16. The summed E-state index contributed by atoms with van der Waals surface area (Å²) in [5.41, 5.74) is 2.25. The van der Waals surface area contributed by atoms with E-state index in [1.807, 2.05) is 20.8 Å². The van der Waals surface area contributed by atoms with Gasteiger partial charge in [-0.15, -0.1) is 0 Å². The molecule has 1 aromatic rings. The summed E-state index contributed by atoms with van der Waals surface area (Å²) in [4.78, 5) is 11.7. The number of sulfonamides is 1. The van der Waals surface area contributed by atoms with Crippen molar-refractivity contribution in [3.63, 3.8) is 0 Å². The molecule has 0 spiro atoms. The van der Waals surface area contributed by atoms with Crippen LogP contribution in [0.15, 0.2) is 18.2 Å². The molecule has 6 heteroatoms. The zero-order chi connectivity index (χ0) is 14.9. The number of hydrogen-bond donors (Lipinski definition) is 1. The van der Waals surface area contributed by atoms with Crippen LogP contribution in [-0.2, 0) is 14.8 Å². The van der Waals surface area contributed by atoms with Gasteiger partial charge in [0.25, 0.3) is 0 Å². The second-order valence-electron chi connectivity index (χ2n) is 5.38. The predicted molar refractivity (Wildman–Crippen MR) is 80.4 cm³/mol. The Morgan fingerprint density at radius 1 is 1.35 bits per heavy atom. The lowest BCUT2D eigenvalue weighted by molar-refractivity contribution is -0.118. The zero-order valence-corrected chi connectivity index (χ0v) is 12.8. The largest absolute Gasteiger partial charge is 0.326 e. The van der Waals surface area contributed by atoms with Gasteiger partial charge >= 0.3 is 0 Å². The van der Waals surface area contributed by atoms with Crippen LogP contribution in [0.5, 0.6) is 0 Å². The van der Waals surface area contributed by atoms with Crippen LogP contribution in [0.25, 0.3) is 0 Å². The second-order valence-corrected chi connectivity index (χ2v) is 7.40. The Kier molecular flexibility index (Phi) is 4.04. The van der Waals surface area contributed by atoms with E-state index in [0.717, 1.165) is 11.3 Å². The molecule has 0 aliphatic carbocycles. The highest BCUT2D eigenvalue weighted by Gasteiger charge is 2.28. The molecular weight excluding hydrogens is 276 g/mol. The van der Waals surface area contributed by atoms with Gasteiger partial charge in [0, 0.05) is 18.2 Å². The van der Waals surface area contributed by atoms with E-state index in [-0.39, 0.29) is 17.6 Å². The normalized spacial score (nSPS) is 17.5. The Balaban J connectivity index is 2.24. The highest BCUT2D eigenvalue weighted by Crippen LogP contribution is 2.28. The van der Waals surface area contributed by atoms with Crippen molar-refractivity contribution in [2.45, 2.75) is 27.2 Å². The van der Waals surface area contributed by atoms with Crippen molar-refractivity contribution in [3.05, 3.63) is 23.8 Å². The lowest BCUT2D eigenvalue weighted by Crippen LogP contribution is -2.25. The van der Waals surface area contributed by atoms with Crippen LogP contribution < -0.4 is 9.62 Å². The molecule has 20 heavy (non-hydrogen) atoms. The highest BCUT2D eigenvalue weighted by atomic mass is 32.2. The van der Waals surface area contributed by atoms with E-state index in [9.17, 15) is 13.2 Å². The Bertz CT molecular complexity index is 623. The average Bonchev–Trinajstić information content (AvgIpc) is 2.71. The fourth-order valence-corrected chi connectivity index (χ4v) is 3.71. The summed E-state index contributed by atoms with van der Waals surface area (Å²) in [5, 5.41) is 2.84. The standard InChI is InChI=1S/C14H20N2O3S/c1-10(2)14(17)15-13-6-5-12(9-11(13)3)16-7-4-8-20(16,18)19/h5-6,9-10H,4,7-8H2,1-3H3,(H,15,17). The fraction of sp³-hybridized carbons (Fsp3) is 0.500. The summed E-state index contributed by atoms with van der Waals surface area (Å²) >= 11 is 0. The van der Waals surface area contributed by atoms with Crippen molar-refractivity contribution >= 4 is 27.3 Å². The molecule has 0 saturated carbocycles. The van der Waals surface area contributed by atoms with Gasteiger partial charge in [0.1, 0.15) is 0 Å². The lowest BCUT2D eigenvalue weighted by atomic mass is 10.1. The number of benzene rings is 1. The van der Waals surface area contributed by atoms with Gasteiger partial charge < -0.3 is 5.32 Å². The molecule has 1 amide bonds. The summed E-state index contributed by atoms with van der Waals surface area (Å²) in [7, 11) is -3.16. The maximum atomic E-state index is 11.9. The van der Waals surface area contributed by atoms with Gasteiger partial charge in [-0.2, -0.15) is 0 Å². The van der Waals surface area contributed by atoms with E-state index in [0.29, 0.717) is 18.7 Å². The average molecular weight is 296 g/mol. The third-order valence-corrected chi connectivity index (χ3v) is 5.25. The quantitative estimate of drug-likeness (QED) is 0.929. The molecule has 1 aromatic carbocycles. The number of carbonyl (C=O) groups is 1. The first-order chi connectivity index (χ1) is 9.31. The number of rotatable bonds is 3. The third kappa shape index (κ3) is 2.95. The number of aryl methyl sites for hydroxylation is 1. The number of nitrogens with zero attached hydrogens (tertiary/aromatic N) is 1. The van der Waals surface area contributed by atoms with Gasteiger partial charge in [-0.3, -0.25) is 9.10 Å². The smallest absolute Gasteiger partial charge is 0.235 e. The number of amides is 1.